The van der Waals surface area contributed by atoms with Gasteiger partial charge in [0.05, 0.1) is 13.2 Å². The molecule has 0 unspecified atom stereocenters. The van der Waals surface area contributed by atoms with Gasteiger partial charge in [-0.3, -0.25) is 9.59 Å². The zero-order valence-corrected chi connectivity index (χ0v) is 19.0. The van der Waals surface area contributed by atoms with Crippen LogP contribution in [0.5, 0.6) is 0 Å². The van der Waals surface area contributed by atoms with Gasteiger partial charge in [0.2, 0.25) is 0 Å². The fourth-order valence-electron chi connectivity index (χ4n) is 4.24. The molecule has 2 aliphatic heterocycles. The molecule has 172 valence electrons. The number of nitrogens with zero attached hydrogens (tertiary/aromatic N) is 1. The highest BCUT2D eigenvalue weighted by molar-refractivity contribution is 5.93. The van der Waals surface area contributed by atoms with Crippen molar-refractivity contribution in [2.24, 2.45) is 0 Å². The number of benzene rings is 1. The van der Waals surface area contributed by atoms with Gasteiger partial charge in [-0.05, 0) is 37.6 Å². The van der Waals surface area contributed by atoms with E-state index in [0.29, 0.717) is 6.54 Å². The Kier molecular flexibility index (Phi) is 9.12. The molecule has 2 amide bonds. The molecule has 2 heterocycles. The summed E-state index contributed by atoms with van der Waals surface area (Å²) in [5, 5.41) is 6.06. The molecule has 0 aromatic heterocycles. The number of nitrogens with one attached hydrogen (secondary N) is 4. The highest BCUT2D eigenvalue weighted by atomic mass is 16.5. The summed E-state index contributed by atoms with van der Waals surface area (Å²) in [6, 6.07) is 7.96. The average Bonchev–Trinajstić information content (AvgIpc) is 2.80. The van der Waals surface area contributed by atoms with E-state index >= 15 is 0 Å². The summed E-state index contributed by atoms with van der Waals surface area (Å²) in [6.45, 7) is 12.4. The lowest BCUT2D eigenvalue weighted by atomic mass is 10.2. The monoisotopic (exact) mass is 433 g/mol. The van der Waals surface area contributed by atoms with Crippen molar-refractivity contribution in [3.05, 3.63) is 24.3 Å². The van der Waals surface area contributed by atoms with E-state index in [2.05, 4.69) is 34.6 Å². The van der Waals surface area contributed by atoms with Gasteiger partial charge in [-0.25, -0.2) is 0 Å². The van der Waals surface area contributed by atoms with Gasteiger partial charge in [0.1, 0.15) is 26.2 Å². The second-order valence-electron chi connectivity index (χ2n) is 8.65. The maximum Gasteiger partial charge on any atom is 0.282 e. The Balaban J connectivity index is 1.40. The predicted molar refractivity (Wildman–Crippen MR) is 122 cm³/mol. The number of carbonyl (C=O) groups is 2. The Bertz CT molecular complexity index is 698. The first-order valence-corrected chi connectivity index (χ1v) is 11.7. The molecule has 31 heavy (non-hydrogen) atoms. The summed E-state index contributed by atoms with van der Waals surface area (Å²) in [5.41, 5.74) is 2.00. The fourth-order valence-corrected chi connectivity index (χ4v) is 4.24. The zero-order valence-electron chi connectivity index (χ0n) is 19.0. The van der Waals surface area contributed by atoms with Crippen molar-refractivity contribution in [2.45, 2.75) is 32.7 Å². The lowest BCUT2D eigenvalue weighted by Crippen LogP contribution is -3.30. The molecule has 0 radical (unpaired) electrons. The van der Waals surface area contributed by atoms with E-state index in [1.54, 1.807) is 0 Å². The summed E-state index contributed by atoms with van der Waals surface area (Å²) in [7, 11) is 0. The Morgan fingerprint density at radius 1 is 1.10 bits per heavy atom. The summed E-state index contributed by atoms with van der Waals surface area (Å²) in [4.78, 5) is 29.7. The molecule has 2 saturated heterocycles. The first kappa shape index (κ1) is 23.5. The van der Waals surface area contributed by atoms with Crippen molar-refractivity contribution < 1.29 is 24.1 Å². The van der Waals surface area contributed by atoms with Crippen molar-refractivity contribution in [1.29, 1.82) is 0 Å². The van der Waals surface area contributed by atoms with Gasteiger partial charge >= 0.3 is 0 Å². The summed E-state index contributed by atoms with van der Waals surface area (Å²) in [6.07, 6.45) is 2.12. The number of quaternary nitrogens is 2. The molecular weight excluding hydrogens is 394 g/mol. The molecule has 1 aromatic rings. The Hall–Kier alpha value is -2.16. The average molecular weight is 434 g/mol. The first-order chi connectivity index (χ1) is 15.1. The minimum absolute atomic E-state index is 0.0508. The molecule has 4 N–H and O–H groups in total. The second-order valence-corrected chi connectivity index (χ2v) is 8.65. The third kappa shape index (κ3) is 7.19. The van der Waals surface area contributed by atoms with Gasteiger partial charge in [-0.1, -0.05) is 13.3 Å². The Morgan fingerprint density at radius 3 is 2.42 bits per heavy atom. The van der Waals surface area contributed by atoms with Gasteiger partial charge in [-0.15, -0.1) is 0 Å². The number of hydrogen-bond donors (Lipinski definition) is 4. The molecule has 3 rings (SSSR count). The summed E-state index contributed by atoms with van der Waals surface area (Å²) < 4.78 is 5.40. The number of carbonyl (C=O) groups excluding carboxylic acids is 2. The number of anilines is 2. The normalized spacial score (nSPS) is 22.6. The third-order valence-corrected chi connectivity index (χ3v) is 6.38. The quantitative estimate of drug-likeness (QED) is 0.360. The van der Waals surface area contributed by atoms with E-state index in [-0.39, 0.29) is 17.9 Å². The molecular formula is C23H39N5O3+2. The second kappa shape index (κ2) is 12.0. The molecule has 8 heteroatoms. The Morgan fingerprint density at radius 2 is 1.77 bits per heavy atom. The number of unbranched alkanes of at least 4 members (excludes halogenated alkanes) is 1. The molecule has 2 fully saturated rings. The van der Waals surface area contributed by atoms with Gasteiger partial charge in [0.25, 0.3) is 11.8 Å². The van der Waals surface area contributed by atoms with Gasteiger partial charge in [-0.2, -0.15) is 0 Å². The van der Waals surface area contributed by atoms with Crippen LogP contribution in [0.25, 0.3) is 0 Å². The van der Waals surface area contributed by atoms with Crippen LogP contribution in [-0.4, -0.2) is 83.4 Å². The molecule has 0 spiro atoms. The van der Waals surface area contributed by atoms with E-state index in [1.807, 2.05) is 19.1 Å². The van der Waals surface area contributed by atoms with Gasteiger partial charge in [0.15, 0.2) is 12.6 Å². The number of rotatable bonds is 9. The Labute approximate surface area is 185 Å². The minimum Gasteiger partial charge on any atom is -0.378 e. The lowest BCUT2D eigenvalue weighted by Gasteiger charge is -2.32. The van der Waals surface area contributed by atoms with Crippen molar-refractivity contribution in [3.63, 3.8) is 0 Å². The number of hydrogen-bond acceptors (Lipinski definition) is 4. The SMILES string of the molecule is CCCCNC(=O)C[NH+]1CC[NH+]([C@@H](C)C(=O)Nc2ccc(N3CCOCC3)cc2)CC1. The molecule has 1 atom stereocenters. The fraction of sp³-hybridized carbons (Fsp3) is 0.652. The van der Waals surface area contributed by atoms with Crippen molar-refractivity contribution in [2.75, 3.05) is 75.8 Å². The van der Waals surface area contributed by atoms with Crippen LogP contribution in [0, 0.1) is 0 Å². The molecule has 0 bridgehead atoms. The smallest absolute Gasteiger partial charge is 0.282 e. The maximum atomic E-state index is 12.8. The van der Waals surface area contributed by atoms with Crippen LogP contribution < -0.4 is 25.3 Å². The number of ether oxygens (including phenoxy) is 1. The molecule has 8 nitrogen and oxygen atoms in total. The largest absolute Gasteiger partial charge is 0.378 e. The van der Waals surface area contributed by atoms with Gasteiger partial charge in [0, 0.05) is 31.0 Å². The van der Waals surface area contributed by atoms with E-state index in [9.17, 15) is 9.59 Å². The van der Waals surface area contributed by atoms with Crippen molar-refractivity contribution in [1.82, 2.24) is 5.32 Å². The van der Waals surface area contributed by atoms with E-state index < -0.39 is 0 Å². The summed E-state index contributed by atoms with van der Waals surface area (Å²) in [5.74, 6) is 0.188. The molecule has 1 aromatic carbocycles. The standard InChI is InChI=1S/C23H37N5O3/c1-3-4-9-24-22(29)18-26-10-12-27(13-11-26)19(2)23(30)25-20-5-7-21(8-6-20)28-14-16-31-17-15-28/h5-8,19H,3-4,9-18H2,1-2H3,(H,24,29)(H,25,30)/p+2/t19-/m0/s1. The van der Waals surface area contributed by atoms with Gasteiger partial charge < -0.3 is 30.1 Å². The number of morpholine rings is 1. The van der Waals surface area contributed by atoms with Crippen LogP contribution in [0.2, 0.25) is 0 Å². The third-order valence-electron chi connectivity index (χ3n) is 6.38. The number of piperazine rings is 1. The van der Waals surface area contributed by atoms with E-state index in [1.165, 1.54) is 9.80 Å². The predicted octanol–water partition coefficient (Wildman–Crippen LogP) is -1.45. The first-order valence-electron chi connectivity index (χ1n) is 11.7. The van der Waals surface area contributed by atoms with Crippen molar-refractivity contribution >= 4 is 23.2 Å². The van der Waals surface area contributed by atoms with Crippen molar-refractivity contribution in [3.8, 4) is 0 Å². The highest BCUT2D eigenvalue weighted by Crippen LogP contribution is 2.19. The van der Waals surface area contributed by atoms with Crippen LogP contribution in [0.15, 0.2) is 24.3 Å². The number of amides is 2. The highest BCUT2D eigenvalue weighted by Gasteiger charge is 2.31. The summed E-state index contributed by atoms with van der Waals surface area (Å²) >= 11 is 0. The lowest BCUT2D eigenvalue weighted by molar-refractivity contribution is -1.01. The molecule has 0 aliphatic carbocycles. The zero-order chi connectivity index (χ0) is 22.1. The van der Waals surface area contributed by atoms with Crippen LogP contribution >= 0.6 is 0 Å². The topological polar surface area (TPSA) is 79.5 Å². The van der Waals surface area contributed by atoms with Crippen LogP contribution in [-0.2, 0) is 14.3 Å². The maximum absolute atomic E-state index is 12.8. The molecule has 2 aliphatic rings. The van der Waals surface area contributed by atoms with Crippen LogP contribution in [0.4, 0.5) is 11.4 Å². The van der Waals surface area contributed by atoms with Crippen LogP contribution in [0.3, 0.4) is 0 Å². The minimum atomic E-state index is -0.112. The van der Waals surface area contributed by atoms with E-state index in [0.717, 1.165) is 83.2 Å². The van der Waals surface area contributed by atoms with Crippen LogP contribution in [0.1, 0.15) is 26.7 Å². The molecule has 0 saturated carbocycles. The van der Waals surface area contributed by atoms with E-state index in [4.69, 9.17) is 4.74 Å².